The number of nitrogens with zero attached hydrogens (tertiary/aromatic N) is 1. The van der Waals surface area contributed by atoms with E-state index in [4.69, 9.17) is 23.2 Å². The summed E-state index contributed by atoms with van der Waals surface area (Å²) in [5, 5.41) is 10.5. The van der Waals surface area contributed by atoms with Crippen LogP contribution in [0.1, 0.15) is 22.8 Å². The van der Waals surface area contributed by atoms with Gasteiger partial charge in [-0.3, -0.25) is 4.79 Å². The highest BCUT2D eigenvalue weighted by molar-refractivity contribution is 6.37. The molecule has 1 atom stereocenters. The van der Waals surface area contributed by atoms with Gasteiger partial charge < -0.3 is 14.7 Å². The summed E-state index contributed by atoms with van der Waals surface area (Å²) in [5.74, 6) is -2.37. The van der Waals surface area contributed by atoms with Gasteiger partial charge in [-0.05, 0) is 37.3 Å². The van der Waals surface area contributed by atoms with Crippen molar-refractivity contribution in [1.29, 1.82) is 0 Å². The Hall–Kier alpha value is -2.29. The van der Waals surface area contributed by atoms with Crippen LogP contribution >= 0.6 is 23.2 Å². The van der Waals surface area contributed by atoms with E-state index in [1.165, 1.54) is 35.2 Å². The molecule has 29 heavy (non-hydrogen) atoms. The van der Waals surface area contributed by atoms with Crippen LogP contribution in [0.3, 0.4) is 0 Å². The van der Waals surface area contributed by atoms with Gasteiger partial charge in [0.15, 0.2) is 0 Å². The molecule has 0 aromatic heterocycles. The van der Waals surface area contributed by atoms with Gasteiger partial charge in [0.05, 0.1) is 17.7 Å². The number of alkyl halides is 3. The number of hydrogen-bond acceptors (Lipinski definition) is 4. The van der Waals surface area contributed by atoms with E-state index in [-0.39, 0.29) is 22.8 Å². The Morgan fingerprint density at radius 2 is 1.69 bits per heavy atom. The van der Waals surface area contributed by atoms with Crippen molar-refractivity contribution in [3.63, 3.8) is 0 Å². The molecule has 0 spiro atoms. The third-order valence-electron chi connectivity index (χ3n) is 4.21. The lowest BCUT2D eigenvalue weighted by Gasteiger charge is -2.28. The molecule has 0 aliphatic rings. The Morgan fingerprint density at radius 3 is 2.14 bits per heavy atom. The fraction of sp³-hybridized carbons (Fsp3) is 0.263. The minimum absolute atomic E-state index is 0.120. The first-order valence-corrected chi connectivity index (χ1v) is 8.98. The second-order valence-electron chi connectivity index (χ2n) is 5.92. The van der Waals surface area contributed by atoms with Crippen molar-refractivity contribution in [2.45, 2.75) is 18.7 Å². The molecule has 10 heteroatoms. The number of anilines is 1. The number of benzene rings is 2. The maximum atomic E-state index is 13.3. The van der Waals surface area contributed by atoms with Gasteiger partial charge in [-0.25, -0.2) is 4.79 Å². The molecule has 5 nitrogen and oxygen atoms in total. The third-order valence-corrected chi connectivity index (χ3v) is 4.76. The first-order valence-electron chi connectivity index (χ1n) is 8.22. The third kappa shape index (κ3) is 4.34. The highest BCUT2D eigenvalue weighted by Gasteiger charge is 2.62. The quantitative estimate of drug-likeness (QED) is 0.678. The Bertz CT molecular complexity index is 919. The molecule has 0 bridgehead atoms. The Labute approximate surface area is 174 Å². The second-order valence-corrected chi connectivity index (χ2v) is 6.76. The van der Waals surface area contributed by atoms with Crippen LogP contribution in [0.4, 0.5) is 18.9 Å². The molecule has 0 heterocycles. The zero-order valence-electron chi connectivity index (χ0n) is 15.3. The molecule has 0 saturated carbocycles. The SMILES string of the molecule is CCN(C(=O)c1ccc(Cl)cc1Cl)c1ccc(C(O)(C(=O)OC)C(F)(F)F)cc1. The molecule has 1 N–H and O–H groups in total. The molecule has 0 saturated heterocycles. The van der Waals surface area contributed by atoms with Gasteiger partial charge in [0, 0.05) is 22.8 Å². The van der Waals surface area contributed by atoms with E-state index in [0.717, 1.165) is 19.2 Å². The molecule has 0 radical (unpaired) electrons. The van der Waals surface area contributed by atoms with Crippen LogP contribution in [-0.4, -0.2) is 36.8 Å². The van der Waals surface area contributed by atoms with Crippen molar-refractivity contribution < 1.29 is 32.6 Å². The Kier molecular flexibility index (Phi) is 6.82. The van der Waals surface area contributed by atoms with Gasteiger partial charge in [0.2, 0.25) is 0 Å². The lowest BCUT2D eigenvalue weighted by atomic mass is 9.93. The van der Waals surface area contributed by atoms with Crippen molar-refractivity contribution >= 4 is 40.8 Å². The maximum absolute atomic E-state index is 13.3. The van der Waals surface area contributed by atoms with Crippen LogP contribution in [0.5, 0.6) is 0 Å². The topological polar surface area (TPSA) is 66.8 Å². The normalized spacial score (nSPS) is 13.5. The number of hydrogen-bond donors (Lipinski definition) is 1. The average Bonchev–Trinajstić information content (AvgIpc) is 2.66. The smallest absolute Gasteiger partial charge is 0.432 e. The lowest BCUT2D eigenvalue weighted by Crippen LogP contribution is -2.49. The lowest BCUT2D eigenvalue weighted by molar-refractivity contribution is -0.266. The van der Waals surface area contributed by atoms with E-state index < -0.39 is 29.2 Å². The molecule has 156 valence electrons. The number of rotatable bonds is 5. The average molecular weight is 450 g/mol. The molecular formula is C19H16Cl2F3NO4. The second kappa shape index (κ2) is 8.61. The van der Waals surface area contributed by atoms with Crippen molar-refractivity contribution in [2.75, 3.05) is 18.6 Å². The maximum Gasteiger partial charge on any atom is 0.432 e. The summed E-state index contributed by atoms with van der Waals surface area (Å²) in [7, 11) is 0.737. The molecule has 0 aliphatic heterocycles. The number of amides is 1. The summed E-state index contributed by atoms with van der Waals surface area (Å²) in [6.07, 6.45) is -5.31. The number of methoxy groups -OCH3 is 1. The first-order chi connectivity index (χ1) is 13.5. The van der Waals surface area contributed by atoms with Crippen LogP contribution in [0.15, 0.2) is 42.5 Å². The summed E-state index contributed by atoms with van der Waals surface area (Å²) in [6, 6.07) is 8.48. The predicted octanol–water partition coefficient (Wildman–Crippen LogP) is 4.58. The van der Waals surface area contributed by atoms with Gasteiger partial charge in [0.25, 0.3) is 11.5 Å². The van der Waals surface area contributed by atoms with Gasteiger partial charge >= 0.3 is 12.1 Å². The first kappa shape index (κ1) is 23.0. The molecule has 2 aromatic carbocycles. The van der Waals surface area contributed by atoms with E-state index in [1.807, 2.05) is 0 Å². The molecule has 0 aliphatic carbocycles. The van der Waals surface area contributed by atoms with Crippen molar-refractivity contribution in [2.24, 2.45) is 0 Å². The van der Waals surface area contributed by atoms with Gasteiger partial charge in [0.1, 0.15) is 0 Å². The summed E-state index contributed by atoms with van der Waals surface area (Å²) in [5.41, 5.74) is -4.18. The largest absolute Gasteiger partial charge is 0.466 e. The molecule has 2 aromatic rings. The minimum atomic E-state index is -5.31. The number of carbonyl (C=O) groups is 2. The number of halogens is 5. The molecular weight excluding hydrogens is 434 g/mol. The van der Waals surface area contributed by atoms with E-state index >= 15 is 0 Å². The standard InChI is InChI=1S/C19H16Cl2F3NO4/c1-3-25(16(26)14-9-6-12(20)10-15(14)21)13-7-4-11(5-8-13)18(28,17(27)29-2)19(22,23)24/h4-10,28H,3H2,1-2H3. The van der Waals surface area contributed by atoms with Gasteiger partial charge in [-0.15, -0.1) is 0 Å². The van der Waals surface area contributed by atoms with Crippen LogP contribution in [-0.2, 0) is 15.1 Å². The van der Waals surface area contributed by atoms with E-state index in [2.05, 4.69) is 4.74 Å². The monoisotopic (exact) mass is 449 g/mol. The summed E-state index contributed by atoms with van der Waals surface area (Å²) in [6.45, 7) is 1.84. The van der Waals surface area contributed by atoms with Gasteiger partial charge in [-0.2, -0.15) is 13.2 Å². The molecule has 1 unspecified atom stereocenters. The summed E-state index contributed by atoms with van der Waals surface area (Å²) < 4.78 is 44.1. The highest BCUT2D eigenvalue weighted by Crippen LogP contribution is 2.40. The summed E-state index contributed by atoms with van der Waals surface area (Å²) in [4.78, 5) is 25.7. The minimum Gasteiger partial charge on any atom is -0.466 e. The van der Waals surface area contributed by atoms with Crippen molar-refractivity contribution in [3.05, 3.63) is 63.6 Å². The van der Waals surface area contributed by atoms with Crippen LogP contribution in [0.2, 0.25) is 10.0 Å². The number of aliphatic hydroxyl groups is 1. The van der Waals surface area contributed by atoms with Crippen molar-refractivity contribution in [1.82, 2.24) is 0 Å². The van der Waals surface area contributed by atoms with Crippen LogP contribution < -0.4 is 4.90 Å². The summed E-state index contributed by atoms with van der Waals surface area (Å²) >= 11 is 11.9. The van der Waals surface area contributed by atoms with E-state index in [9.17, 15) is 27.9 Å². The Morgan fingerprint density at radius 1 is 1.10 bits per heavy atom. The zero-order valence-corrected chi connectivity index (χ0v) is 16.8. The van der Waals surface area contributed by atoms with E-state index in [1.54, 1.807) is 6.92 Å². The van der Waals surface area contributed by atoms with Crippen LogP contribution in [0, 0.1) is 0 Å². The number of carbonyl (C=O) groups excluding carboxylic acids is 2. The zero-order chi connectivity index (χ0) is 22.0. The number of ether oxygens (including phenoxy) is 1. The van der Waals surface area contributed by atoms with E-state index in [0.29, 0.717) is 5.02 Å². The molecule has 2 rings (SSSR count). The van der Waals surface area contributed by atoms with Gasteiger partial charge in [-0.1, -0.05) is 35.3 Å². The highest BCUT2D eigenvalue weighted by atomic mass is 35.5. The Balaban J connectivity index is 2.43. The van der Waals surface area contributed by atoms with Crippen LogP contribution in [0.25, 0.3) is 0 Å². The fourth-order valence-electron chi connectivity index (χ4n) is 2.68. The molecule has 0 fully saturated rings. The number of esters is 1. The predicted molar refractivity (Wildman–Crippen MR) is 102 cm³/mol. The molecule has 1 amide bonds. The fourth-order valence-corrected chi connectivity index (χ4v) is 3.17. The van der Waals surface area contributed by atoms with Crippen molar-refractivity contribution in [3.8, 4) is 0 Å².